The predicted molar refractivity (Wildman–Crippen MR) is 54.5 cm³/mol. The van der Waals surface area contributed by atoms with Crippen molar-refractivity contribution in [1.29, 1.82) is 0 Å². The predicted octanol–water partition coefficient (Wildman–Crippen LogP) is 0.428. The van der Waals surface area contributed by atoms with Crippen LogP contribution in [-0.4, -0.2) is 42.3 Å². The second-order valence-electron chi connectivity index (χ2n) is 4.08. The van der Waals surface area contributed by atoms with Crippen molar-refractivity contribution >= 4 is 0 Å². The molecular weight excluding hydrogens is 164 g/mol. The minimum atomic E-state index is 0.317. The largest absolute Gasteiger partial charge is 0.396 e. The zero-order valence-electron chi connectivity index (χ0n) is 8.58. The molecule has 0 spiro atoms. The number of likely N-dealkylation sites (N-methyl/N-ethyl adjacent to an activating group) is 1. The molecule has 2 atom stereocenters. The fourth-order valence-corrected chi connectivity index (χ4v) is 2.20. The van der Waals surface area contributed by atoms with Gasteiger partial charge in [0.15, 0.2) is 0 Å². The average Bonchev–Trinajstić information content (AvgIpc) is 2.14. The summed E-state index contributed by atoms with van der Waals surface area (Å²) in [4.78, 5) is 2.41. The Morgan fingerprint density at radius 1 is 1.46 bits per heavy atom. The highest BCUT2D eigenvalue weighted by Crippen LogP contribution is 2.19. The standard InChI is InChI=1S/C10H22N2O/c1-2-12-7-9(4-3-5-13)6-10(11)8-12/h9-10,13H,2-8,11H2,1H3. The maximum absolute atomic E-state index is 8.74. The monoisotopic (exact) mass is 186 g/mol. The van der Waals surface area contributed by atoms with Crippen molar-refractivity contribution in [3.8, 4) is 0 Å². The summed E-state index contributed by atoms with van der Waals surface area (Å²) >= 11 is 0. The lowest BCUT2D eigenvalue weighted by atomic mass is 9.91. The molecule has 1 saturated heterocycles. The summed E-state index contributed by atoms with van der Waals surface area (Å²) in [5, 5.41) is 8.74. The minimum Gasteiger partial charge on any atom is -0.396 e. The van der Waals surface area contributed by atoms with Crippen molar-refractivity contribution in [2.75, 3.05) is 26.2 Å². The van der Waals surface area contributed by atoms with Gasteiger partial charge in [0.25, 0.3) is 0 Å². The van der Waals surface area contributed by atoms with Gasteiger partial charge in [0.1, 0.15) is 0 Å². The van der Waals surface area contributed by atoms with Crippen LogP contribution in [0.4, 0.5) is 0 Å². The van der Waals surface area contributed by atoms with E-state index in [2.05, 4.69) is 11.8 Å². The summed E-state index contributed by atoms with van der Waals surface area (Å²) in [6.45, 7) is 5.82. The number of nitrogens with two attached hydrogens (primary N) is 1. The molecule has 1 aliphatic heterocycles. The maximum Gasteiger partial charge on any atom is 0.0431 e. The Morgan fingerprint density at radius 3 is 2.85 bits per heavy atom. The molecule has 3 nitrogen and oxygen atoms in total. The molecule has 0 aromatic carbocycles. The summed E-state index contributed by atoms with van der Waals surface area (Å²) in [6, 6.07) is 0.345. The van der Waals surface area contributed by atoms with Gasteiger partial charge >= 0.3 is 0 Å². The van der Waals surface area contributed by atoms with Gasteiger partial charge < -0.3 is 15.7 Å². The van der Waals surface area contributed by atoms with Gasteiger partial charge in [-0.3, -0.25) is 0 Å². The Labute approximate surface area is 80.9 Å². The number of likely N-dealkylation sites (tertiary alicyclic amines) is 1. The van der Waals surface area contributed by atoms with E-state index in [1.807, 2.05) is 0 Å². The summed E-state index contributed by atoms with van der Waals surface area (Å²) in [7, 11) is 0. The molecule has 0 bridgehead atoms. The molecular formula is C10H22N2O. The molecule has 3 N–H and O–H groups in total. The quantitative estimate of drug-likeness (QED) is 0.669. The van der Waals surface area contributed by atoms with E-state index in [4.69, 9.17) is 10.8 Å². The van der Waals surface area contributed by atoms with Crippen LogP contribution in [0.15, 0.2) is 0 Å². The molecule has 0 aromatic rings. The number of piperidine rings is 1. The van der Waals surface area contributed by atoms with Crippen LogP contribution in [0.25, 0.3) is 0 Å². The fraction of sp³-hybridized carbons (Fsp3) is 1.00. The van der Waals surface area contributed by atoms with Gasteiger partial charge in [-0.1, -0.05) is 6.92 Å². The van der Waals surface area contributed by atoms with Gasteiger partial charge in [-0.25, -0.2) is 0 Å². The van der Waals surface area contributed by atoms with Crippen LogP contribution in [-0.2, 0) is 0 Å². The van der Waals surface area contributed by atoms with Gasteiger partial charge in [-0.15, -0.1) is 0 Å². The summed E-state index contributed by atoms with van der Waals surface area (Å²) < 4.78 is 0. The smallest absolute Gasteiger partial charge is 0.0431 e. The third-order valence-electron chi connectivity index (χ3n) is 2.86. The second-order valence-corrected chi connectivity index (χ2v) is 4.08. The van der Waals surface area contributed by atoms with Crippen LogP contribution >= 0.6 is 0 Å². The Balaban J connectivity index is 2.29. The van der Waals surface area contributed by atoms with Crippen molar-refractivity contribution in [2.24, 2.45) is 11.7 Å². The first-order valence-electron chi connectivity index (χ1n) is 5.35. The normalized spacial score (nSPS) is 30.7. The van der Waals surface area contributed by atoms with Crippen LogP contribution in [0.1, 0.15) is 26.2 Å². The SMILES string of the molecule is CCN1CC(N)CC(CCCO)C1. The molecule has 2 unspecified atom stereocenters. The highest BCUT2D eigenvalue weighted by atomic mass is 16.2. The Hall–Kier alpha value is -0.120. The van der Waals surface area contributed by atoms with Gasteiger partial charge in [0, 0.05) is 25.7 Å². The van der Waals surface area contributed by atoms with E-state index in [1.165, 1.54) is 6.54 Å². The van der Waals surface area contributed by atoms with Crippen molar-refractivity contribution < 1.29 is 5.11 Å². The van der Waals surface area contributed by atoms with Crippen molar-refractivity contribution in [3.05, 3.63) is 0 Å². The maximum atomic E-state index is 8.74. The number of aliphatic hydroxyl groups excluding tert-OH is 1. The molecule has 1 aliphatic rings. The van der Waals surface area contributed by atoms with E-state index in [0.717, 1.165) is 32.4 Å². The van der Waals surface area contributed by atoms with Gasteiger partial charge in [-0.2, -0.15) is 0 Å². The van der Waals surface area contributed by atoms with E-state index in [9.17, 15) is 0 Å². The van der Waals surface area contributed by atoms with Gasteiger partial charge in [0.05, 0.1) is 0 Å². The summed E-state index contributed by atoms with van der Waals surface area (Å²) in [5.41, 5.74) is 5.96. The first-order valence-corrected chi connectivity index (χ1v) is 5.35. The topological polar surface area (TPSA) is 49.5 Å². The third-order valence-corrected chi connectivity index (χ3v) is 2.86. The number of hydrogen-bond donors (Lipinski definition) is 2. The van der Waals surface area contributed by atoms with E-state index < -0.39 is 0 Å². The van der Waals surface area contributed by atoms with E-state index >= 15 is 0 Å². The van der Waals surface area contributed by atoms with Crippen LogP contribution in [0.3, 0.4) is 0 Å². The second kappa shape index (κ2) is 5.58. The molecule has 1 heterocycles. The summed E-state index contributed by atoms with van der Waals surface area (Å²) in [6.07, 6.45) is 3.19. The zero-order valence-corrected chi connectivity index (χ0v) is 8.58. The molecule has 1 rings (SSSR count). The number of aliphatic hydroxyl groups is 1. The van der Waals surface area contributed by atoms with Crippen LogP contribution in [0.5, 0.6) is 0 Å². The van der Waals surface area contributed by atoms with Crippen LogP contribution in [0.2, 0.25) is 0 Å². The van der Waals surface area contributed by atoms with E-state index in [1.54, 1.807) is 0 Å². The molecule has 0 aliphatic carbocycles. The Bertz CT molecular complexity index is 141. The number of nitrogens with zero attached hydrogens (tertiary/aromatic N) is 1. The van der Waals surface area contributed by atoms with Crippen LogP contribution in [0, 0.1) is 5.92 Å². The van der Waals surface area contributed by atoms with Crippen molar-refractivity contribution in [3.63, 3.8) is 0 Å². The summed E-state index contributed by atoms with van der Waals surface area (Å²) in [5.74, 6) is 0.704. The van der Waals surface area contributed by atoms with Gasteiger partial charge in [-0.05, 0) is 31.7 Å². The average molecular weight is 186 g/mol. The molecule has 0 radical (unpaired) electrons. The molecule has 78 valence electrons. The lowest BCUT2D eigenvalue weighted by Crippen LogP contribution is -2.46. The number of hydrogen-bond acceptors (Lipinski definition) is 3. The van der Waals surface area contributed by atoms with Crippen LogP contribution < -0.4 is 5.73 Å². The molecule has 0 saturated carbocycles. The zero-order chi connectivity index (χ0) is 9.68. The first kappa shape index (κ1) is 11.0. The highest BCUT2D eigenvalue weighted by molar-refractivity contribution is 4.80. The van der Waals surface area contributed by atoms with E-state index in [-0.39, 0.29) is 0 Å². The molecule has 0 aromatic heterocycles. The van der Waals surface area contributed by atoms with Gasteiger partial charge in [0.2, 0.25) is 0 Å². The fourth-order valence-electron chi connectivity index (χ4n) is 2.20. The molecule has 3 heteroatoms. The van der Waals surface area contributed by atoms with E-state index in [0.29, 0.717) is 18.6 Å². The highest BCUT2D eigenvalue weighted by Gasteiger charge is 2.23. The third kappa shape index (κ3) is 3.63. The Kier molecular flexibility index (Phi) is 4.70. The minimum absolute atomic E-state index is 0.317. The first-order chi connectivity index (χ1) is 6.26. The Morgan fingerprint density at radius 2 is 2.23 bits per heavy atom. The molecule has 13 heavy (non-hydrogen) atoms. The van der Waals surface area contributed by atoms with Crippen molar-refractivity contribution in [2.45, 2.75) is 32.2 Å². The lowest BCUT2D eigenvalue weighted by molar-refractivity contribution is 0.150. The molecule has 0 amide bonds. The lowest BCUT2D eigenvalue weighted by Gasteiger charge is -2.35. The molecule has 1 fully saturated rings. The van der Waals surface area contributed by atoms with Crippen molar-refractivity contribution in [1.82, 2.24) is 4.90 Å². The number of rotatable bonds is 4.